The fraction of sp³-hybridized carbons (Fsp3) is 0.625. The molecule has 0 radical (unpaired) electrons. The van der Waals surface area contributed by atoms with Gasteiger partial charge in [0.05, 0.1) is 6.54 Å². The van der Waals surface area contributed by atoms with Crippen molar-refractivity contribution in [2.75, 3.05) is 13.6 Å². The Morgan fingerprint density at radius 3 is 2.29 bits per heavy atom. The van der Waals surface area contributed by atoms with Gasteiger partial charge in [-0.3, -0.25) is 14.4 Å². The van der Waals surface area contributed by atoms with Gasteiger partial charge in [0.25, 0.3) is 0 Å². The van der Waals surface area contributed by atoms with Gasteiger partial charge in [-0.2, -0.15) is 0 Å². The molecule has 0 aromatic carbocycles. The van der Waals surface area contributed by atoms with E-state index >= 15 is 0 Å². The van der Waals surface area contributed by atoms with Crippen molar-refractivity contribution in [2.24, 2.45) is 0 Å². The third-order valence-electron chi connectivity index (χ3n) is 1.57. The van der Waals surface area contributed by atoms with Crippen LogP contribution < -0.4 is 0 Å². The van der Waals surface area contributed by atoms with E-state index in [4.69, 9.17) is 16.7 Å². The Kier molecular flexibility index (Phi) is 5.87. The number of carbonyl (C=O) groups is 3. The van der Waals surface area contributed by atoms with Crippen molar-refractivity contribution < 1.29 is 19.5 Å². The molecule has 1 amide bonds. The van der Waals surface area contributed by atoms with Crippen LogP contribution in [-0.2, 0) is 14.4 Å². The summed E-state index contributed by atoms with van der Waals surface area (Å²) in [4.78, 5) is 32.9. The number of nitrogens with zero attached hydrogens (tertiary/aromatic N) is 1. The monoisotopic (exact) mass is 221 g/mol. The number of carboxylic acid groups (broad SMARTS) is 1. The van der Waals surface area contributed by atoms with Crippen molar-refractivity contribution in [3.63, 3.8) is 0 Å². The Hall–Kier alpha value is -1.10. The molecule has 0 bridgehead atoms. The summed E-state index contributed by atoms with van der Waals surface area (Å²) in [5.41, 5.74) is 0. The summed E-state index contributed by atoms with van der Waals surface area (Å²) in [6.45, 7) is -0.145. The summed E-state index contributed by atoms with van der Waals surface area (Å²) >= 11 is 5.07. The smallest absolute Gasteiger partial charge is 0.303 e. The second-order valence-electron chi connectivity index (χ2n) is 2.85. The number of aliphatic carboxylic acids is 1. The van der Waals surface area contributed by atoms with E-state index in [2.05, 4.69) is 0 Å². The molecule has 14 heavy (non-hydrogen) atoms. The minimum Gasteiger partial charge on any atom is -0.481 e. The van der Waals surface area contributed by atoms with Gasteiger partial charge >= 0.3 is 5.97 Å². The van der Waals surface area contributed by atoms with Crippen molar-refractivity contribution in [3.8, 4) is 0 Å². The van der Waals surface area contributed by atoms with Crippen molar-refractivity contribution in [1.29, 1.82) is 0 Å². The van der Waals surface area contributed by atoms with Crippen LogP contribution in [0.4, 0.5) is 0 Å². The maximum absolute atomic E-state index is 11.2. The second kappa shape index (κ2) is 6.37. The van der Waals surface area contributed by atoms with Gasteiger partial charge in [0.1, 0.15) is 0 Å². The fourth-order valence-corrected chi connectivity index (χ4v) is 1.04. The summed E-state index contributed by atoms with van der Waals surface area (Å²) in [6, 6.07) is 0. The maximum Gasteiger partial charge on any atom is 0.303 e. The Balaban J connectivity index is 3.73. The van der Waals surface area contributed by atoms with E-state index in [9.17, 15) is 14.4 Å². The van der Waals surface area contributed by atoms with Crippen LogP contribution in [0.15, 0.2) is 0 Å². The van der Waals surface area contributed by atoms with Crippen LogP contribution >= 0.6 is 11.6 Å². The van der Waals surface area contributed by atoms with Crippen molar-refractivity contribution in [1.82, 2.24) is 4.90 Å². The molecule has 0 aliphatic carbocycles. The number of carboxylic acids is 1. The molecule has 0 saturated carbocycles. The average molecular weight is 222 g/mol. The molecule has 0 unspecified atom stereocenters. The highest BCUT2D eigenvalue weighted by molar-refractivity contribution is 6.64. The molecule has 5 nitrogen and oxygen atoms in total. The van der Waals surface area contributed by atoms with Gasteiger partial charge < -0.3 is 10.0 Å². The van der Waals surface area contributed by atoms with E-state index in [1.807, 2.05) is 0 Å². The molecule has 0 aromatic heterocycles. The summed E-state index contributed by atoms with van der Waals surface area (Å²) in [6.07, 6.45) is 0.344. The predicted molar refractivity (Wildman–Crippen MR) is 50.0 cm³/mol. The van der Waals surface area contributed by atoms with Crippen LogP contribution in [0.25, 0.3) is 0 Å². The summed E-state index contributed by atoms with van der Waals surface area (Å²) in [7, 11) is 1.45. The number of rotatable bonds is 6. The van der Waals surface area contributed by atoms with Gasteiger partial charge in [0, 0.05) is 19.9 Å². The fourth-order valence-electron chi connectivity index (χ4n) is 0.856. The third-order valence-corrected chi connectivity index (χ3v) is 1.69. The van der Waals surface area contributed by atoms with Crippen LogP contribution in [0, 0.1) is 0 Å². The Morgan fingerprint density at radius 2 is 1.86 bits per heavy atom. The topological polar surface area (TPSA) is 74.7 Å². The highest BCUT2D eigenvalue weighted by atomic mass is 35.5. The van der Waals surface area contributed by atoms with E-state index in [1.165, 1.54) is 11.9 Å². The predicted octanol–water partition coefficient (Wildman–Crippen LogP) is 0.465. The highest BCUT2D eigenvalue weighted by Crippen LogP contribution is 2.00. The summed E-state index contributed by atoms with van der Waals surface area (Å²) in [5.74, 6) is -1.21. The lowest BCUT2D eigenvalue weighted by atomic mass is 10.2. The first kappa shape index (κ1) is 12.9. The molecule has 6 heteroatoms. The molecule has 80 valence electrons. The molecule has 0 saturated heterocycles. The number of hydrogen-bond donors (Lipinski definition) is 1. The van der Waals surface area contributed by atoms with Gasteiger partial charge in [0.15, 0.2) is 0 Å². The zero-order chi connectivity index (χ0) is 11.1. The normalized spacial score (nSPS) is 9.57. The van der Waals surface area contributed by atoms with Gasteiger partial charge in [-0.15, -0.1) is 0 Å². The number of halogens is 1. The first-order chi connectivity index (χ1) is 6.43. The molecule has 0 aliphatic rings. The molecule has 1 N–H and O–H groups in total. The molecular formula is C8H12ClNO4. The minimum atomic E-state index is -0.936. The van der Waals surface area contributed by atoms with Crippen molar-refractivity contribution in [2.45, 2.75) is 19.3 Å². The van der Waals surface area contributed by atoms with E-state index < -0.39 is 11.2 Å². The number of carbonyl (C=O) groups excluding carboxylic acids is 2. The van der Waals surface area contributed by atoms with Crippen molar-refractivity contribution >= 4 is 28.7 Å². The van der Waals surface area contributed by atoms with Gasteiger partial charge in [-0.25, -0.2) is 0 Å². The number of hydrogen-bond acceptors (Lipinski definition) is 3. The van der Waals surface area contributed by atoms with Crippen LogP contribution in [0.5, 0.6) is 0 Å². The van der Waals surface area contributed by atoms with E-state index in [0.717, 1.165) is 0 Å². The maximum atomic E-state index is 11.2. The minimum absolute atomic E-state index is 0.0472. The van der Waals surface area contributed by atoms with E-state index in [1.54, 1.807) is 0 Å². The van der Waals surface area contributed by atoms with E-state index in [-0.39, 0.29) is 31.7 Å². The molecule has 0 aliphatic heterocycles. The molecule has 0 atom stereocenters. The SMILES string of the molecule is CN(CC(=O)Cl)C(=O)CCCC(=O)O. The molecule has 0 rings (SSSR count). The Bertz CT molecular complexity index is 241. The molecule has 0 spiro atoms. The Morgan fingerprint density at radius 1 is 1.29 bits per heavy atom. The summed E-state index contributed by atoms with van der Waals surface area (Å²) < 4.78 is 0. The number of likely N-dealkylation sites (N-methyl/N-ethyl adjacent to an activating group) is 1. The third kappa shape index (κ3) is 6.42. The first-order valence-corrected chi connectivity index (χ1v) is 4.45. The van der Waals surface area contributed by atoms with Gasteiger partial charge in [-0.05, 0) is 18.0 Å². The molecular weight excluding hydrogens is 210 g/mol. The number of amides is 1. The lowest BCUT2D eigenvalue weighted by molar-refractivity contribution is -0.137. The zero-order valence-electron chi connectivity index (χ0n) is 7.83. The highest BCUT2D eigenvalue weighted by Gasteiger charge is 2.11. The zero-order valence-corrected chi connectivity index (χ0v) is 8.58. The first-order valence-electron chi connectivity index (χ1n) is 4.07. The van der Waals surface area contributed by atoms with Crippen LogP contribution in [0.3, 0.4) is 0 Å². The second-order valence-corrected chi connectivity index (χ2v) is 3.27. The lowest BCUT2D eigenvalue weighted by Crippen LogP contribution is -2.30. The van der Waals surface area contributed by atoms with E-state index in [0.29, 0.717) is 0 Å². The largest absolute Gasteiger partial charge is 0.481 e. The van der Waals surface area contributed by atoms with Gasteiger partial charge in [0.2, 0.25) is 11.1 Å². The van der Waals surface area contributed by atoms with Crippen LogP contribution in [0.2, 0.25) is 0 Å². The van der Waals surface area contributed by atoms with Crippen molar-refractivity contribution in [3.05, 3.63) is 0 Å². The molecule has 0 heterocycles. The quantitative estimate of drug-likeness (QED) is 0.662. The standard InChI is InChI=1S/C8H12ClNO4/c1-10(5-6(9)11)7(12)3-2-4-8(13)14/h2-5H2,1H3,(H,13,14). The molecule has 0 fully saturated rings. The average Bonchev–Trinajstić information content (AvgIpc) is 2.01. The Labute approximate surface area is 86.6 Å². The van der Waals surface area contributed by atoms with Crippen LogP contribution in [-0.4, -0.2) is 40.7 Å². The summed E-state index contributed by atoms with van der Waals surface area (Å²) in [5, 5.41) is 7.70. The lowest BCUT2D eigenvalue weighted by Gasteiger charge is -2.13. The van der Waals surface area contributed by atoms with Gasteiger partial charge in [-0.1, -0.05) is 0 Å². The molecule has 0 aromatic rings. The van der Waals surface area contributed by atoms with Crippen LogP contribution in [0.1, 0.15) is 19.3 Å².